The topological polar surface area (TPSA) is 37.4 Å². The maximum atomic E-state index is 13.6. The summed E-state index contributed by atoms with van der Waals surface area (Å²) in [4.78, 5) is 28.3. The number of carbonyl (C=O) groups excluding carboxylic acids is 2. The quantitative estimate of drug-likeness (QED) is 0.306. The molecule has 0 radical (unpaired) electrons. The highest BCUT2D eigenvalue weighted by atomic mass is 19.4. The predicted molar refractivity (Wildman–Crippen MR) is 129 cm³/mol. The molecule has 4 aromatic rings. The standard InChI is InChI=1S/C29H18F3NO2/c30-29(31,32)23-15-7-13-21(17-23)22-14-8-16-24(18-22)33-27(34)25(19-9-3-1-4-10-19)26(28(33)35)20-11-5-2-6-12-20/h1-18H. The van der Waals surface area contributed by atoms with Gasteiger partial charge in [0, 0.05) is 0 Å². The zero-order chi connectivity index (χ0) is 24.6. The number of hydrogen-bond acceptors (Lipinski definition) is 2. The Hall–Kier alpha value is -4.45. The number of alkyl halides is 3. The lowest BCUT2D eigenvalue weighted by molar-refractivity contribution is -0.137. The summed E-state index contributed by atoms with van der Waals surface area (Å²) in [5, 5.41) is 0. The van der Waals surface area contributed by atoms with E-state index >= 15 is 0 Å². The SMILES string of the molecule is O=C1C(c2ccccc2)=C(c2ccccc2)C(=O)N1c1cccc(-c2cccc(C(F)(F)F)c2)c1. The van der Waals surface area contributed by atoms with E-state index in [1.807, 2.05) is 12.1 Å². The van der Waals surface area contributed by atoms with E-state index in [4.69, 9.17) is 0 Å². The second-order valence-corrected chi connectivity index (χ2v) is 8.06. The van der Waals surface area contributed by atoms with E-state index in [9.17, 15) is 22.8 Å². The Morgan fingerprint density at radius 3 is 1.49 bits per heavy atom. The van der Waals surface area contributed by atoms with Gasteiger partial charge in [0.2, 0.25) is 0 Å². The van der Waals surface area contributed by atoms with Gasteiger partial charge < -0.3 is 0 Å². The first-order chi connectivity index (χ1) is 16.8. The lowest BCUT2D eigenvalue weighted by Gasteiger charge is -2.17. The first kappa shape index (κ1) is 22.3. The normalized spacial score (nSPS) is 14.1. The monoisotopic (exact) mass is 469 g/mol. The van der Waals surface area contributed by atoms with Crippen LogP contribution in [-0.4, -0.2) is 11.8 Å². The van der Waals surface area contributed by atoms with E-state index < -0.39 is 23.6 Å². The fourth-order valence-corrected chi connectivity index (χ4v) is 4.21. The minimum atomic E-state index is -4.48. The molecule has 0 N–H and O–H groups in total. The molecule has 0 saturated carbocycles. The third-order valence-corrected chi connectivity index (χ3v) is 5.84. The Morgan fingerprint density at radius 1 is 0.514 bits per heavy atom. The van der Waals surface area contributed by atoms with Gasteiger partial charge in [-0.3, -0.25) is 9.59 Å². The summed E-state index contributed by atoms with van der Waals surface area (Å²) in [6, 6.07) is 29.3. The number of imide groups is 1. The molecule has 35 heavy (non-hydrogen) atoms. The van der Waals surface area contributed by atoms with Crippen molar-refractivity contribution in [3.8, 4) is 11.1 Å². The summed E-state index contributed by atoms with van der Waals surface area (Å²) in [5.41, 5.74) is 2.10. The zero-order valence-corrected chi connectivity index (χ0v) is 18.3. The number of amides is 2. The number of halogens is 3. The summed E-state index contributed by atoms with van der Waals surface area (Å²) in [5.74, 6) is -0.970. The van der Waals surface area contributed by atoms with Crippen LogP contribution in [0.25, 0.3) is 22.3 Å². The highest BCUT2D eigenvalue weighted by Crippen LogP contribution is 2.39. The number of hydrogen-bond donors (Lipinski definition) is 0. The second kappa shape index (κ2) is 8.72. The van der Waals surface area contributed by atoms with Gasteiger partial charge in [0.05, 0.1) is 22.4 Å². The Kier molecular flexibility index (Phi) is 5.57. The van der Waals surface area contributed by atoms with E-state index in [0.29, 0.717) is 22.3 Å². The van der Waals surface area contributed by atoms with Crippen molar-refractivity contribution in [1.82, 2.24) is 0 Å². The van der Waals surface area contributed by atoms with Crippen LogP contribution in [0.3, 0.4) is 0 Å². The fraction of sp³-hybridized carbons (Fsp3) is 0.0345. The summed E-state index contributed by atoms with van der Waals surface area (Å²) in [6.07, 6.45) is -4.48. The molecule has 172 valence electrons. The van der Waals surface area contributed by atoms with Crippen LogP contribution in [0.2, 0.25) is 0 Å². The van der Waals surface area contributed by atoms with Gasteiger partial charge >= 0.3 is 6.18 Å². The van der Waals surface area contributed by atoms with Crippen LogP contribution >= 0.6 is 0 Å². The predicted octanol–water partition coefficient (Wildman–Crippen LogP) is 6.86. The third kappa shape index (κ3) is 4.15. The molecular formula is C29H18F3NO2. The highest BCUT2D eigenvalue weighted by Gasteiger charge is 2.40. The van der Waals surface area contributed by atoms with Gasteiger partial charge in [-0.05, 0) is 46.5 Å². The molecule has 0 fully saturated rings. The summed E-state index contributed by atoms with van der Waals surface area (Å²) in [6.45, 7) is 0. The van der Waals surface area contributed by atoms with Crippen molar-refractivity contribution in [3.63, 3.8) is 0 Å². The molecule has 0 atom stereocenters. The minimum Gasteiger partial charge on any atom is -0.268 e. The van der Waals surface area contributed by atoms with Crippen molar-refractivity contribution in [3.05, 3.63) is 126 Å². The first-order valence-corrected chi connectivity index (χ1v) is 10.9. The van der Waals surface area contributed by atoms with Crippen LogP contribution in [0, 0.1) is 0 Å². The molecule has 0 bridgehead atoms. The highest BCUT2D eigenvalue weighted by molar-refractivity contribution is 6.57. The van der Waals surface area contributed by atoms with Crippen LogP contribution in [0.4, 0.5) is 18.9 Å². The maximum Gasteiger partial charge on any atom is 0.416 e. The van der Waals surface area contributed by atoms with Crippen LogP contribution in [0.1, 0.15) is 16.7 Å². The molecule has 2 amide bonds. The third-order valence-electron chi connectivity index (χ3n) is 5.84. The number of rotatable bonds is 4. The molecule has 0 saturated heterocycles. The number of benzene rings is 4. The van der Waals surface area contributed by atoms with Crippen LogP contribution in [-0.2, 0) is 15.8 Å². The summed E-state index contributed by atoms with van der Waals surface area (Å²) >= 11 is 0. The second-order valence-electron chi connectivity index (χ2n) is 8.06. The van der Waals surface area contributed by atoms with Crippen molar-refractivity contribution in [2.45, 2.75) is 6.18 Å². The average molecular weight is 469 g/mol. The van der Waals surface area contributed by atoms with E-state index in [-0.39, 0.29) is 16.8 Å². The number of carbonyl (C=O) groups is 2. The van der Waals surface area contributed by atoms with Gasteiger partial charge in [0.1, 0.15) is 0 Å². The van der Waals surface area contributed by atoms with Gasteiger partial charge in [-0.15, -0.1) is 0 Å². The molecule has 4 aromatic carbocycles. The molecule has 1 heterocycles. The van der Waals surface area contributed by atoms with Gasteiger partial charge in [-0.2, -0.15) is 13.2 Å². The Bertz CT molecular complexity index is 1400. The van der Waals surface area contributed by atoms with Crippen molar-refractivity contribution < 1.29 is 22.8 Å². The molecule has 1 aliphatic heterocycles. The van der Waals surface area contributed by atoms with Crippen LogP contribution < -0.4 is 4.90 Å². The van der Waals surface area contributed by atoms with E-state index in [0.717, 1.165) is 17.0 Å². The number of nitrogens with zero attached hydrogens (tertiary/aromatic N) is 1. The molecule has 1 aliphatic rings. The first-order valence-electron chi connectivity index (χ1n) is 10.9. The fourth-order valence-electron chi connectivity index (χ4n) is 4.21. The van der Waals surface area contributed by atoms with Gasteiger partial charge in [-0.25, -0.2) is 4.90 Å². The van der Waals surface area contributed by atoms with Crippen LogP contribution in [0.15, 0.2) is 109 Å². The van der Waals surface area contributed by atoms with Crippen molar-refractivity contribution in [2.24, 2.45) is 0 Å². The summed E-state index contributed by atoms with van der Waals surface area (Å²) in [7, 11) is 0. The average Bonchev–Trinajstić information content (AvgIpc) is 3.14. The molecule has 0 unspecified atom stereocenters. The lowest BCUT2D eigenvalue weighted by atomic mass is 9.96. The van der Waals surface area contributed by atoms with Crippen molar-refractivity contribution in [2.75, 3.05) is 4.90 Å². The maximum absolute atomic E-state index is 13.6. The number of anilines is 1. The molecule has 0 aliphatic carbocycles. The Balaban J connectivity index is 1.60. The molecule has 0 spiro atoms. The van der Waals surface area contributed by atoms with Crippen molar-refractivity contribution in [1.29, 1.82) is 0 Å². The Morgan fingerprint density at radius 2 is 0.971 bits per heavy atom. The summed E-state index contributed by atoms with van der Waals surface area (Å²) < 4.78 is 39.6. The zero-order valence-electron chi connectivity index (χ0n) is 18.3. The van der Waals surface area contributed by atoms with Crippen LogP contribution in [0.5, 0.6) is 0 Å². The van der Waals surface area contributed by atoms with E-state index in [2.05, 4.69) is 0 Å². The van der Waals surface area contributed by atoms with Gasteiger partial charge in [0.25, 0.3) is 11.8 Å². The molecule has 3 nitrogen and oxygen atoms in total. The molecule has 5 rings (SSSR count). The lowest BCUT2D eigenvalue weighted by Crippen LogP contribution is -2.31. The largest absolute Gasteiger partial charge is 0.416 e. The molecule has 6 heteroatoms. The molecular weight excluding hydrogens is 451 g/mol. The van der Waals surface area contributed by atoms with E-state index in [1.54, 1.807) is 78.9 Å². The van der Waals surface area contributed by atoms with Crippen molar-refractivity contribution >= 4 is 28.6 Å². The Labute approximate surface area is 199 Å². The smallest absolute Gasteiger partial charge is 0.268 e. The minimum absolute atomic E-state index is 0.284. The van der Waals surface area contributed by atoms with Gasteiger partial charge in [0.15, 0.2) is 0 Å². The molecule has 0 aromatic heterocycles. The van der Waals surface area contributed by atoms with Gasteiger partial charge in [-0.1, -0.05) is 84.9 Å². The van der Waals surface area contributed by atoms with E-state index in [1.165, 1.54) is 6.07 Å².